The summed E-state index contributed by atoms with van der Waals surface area (Å²) < 4.78 is 1.82. The highest BCUT2D eigenvalue weighted by Crippen LogP contribution is 2.28. The van der Waals surface area contributed by atoms with E-state index in [1.807, 2.05) is 49.0 Å². The number of fused-ring (bicyclic) bond motifs is 1. The van der Waals surface area contributed by atoms with Crippen LogP contribution in [0.1, 0.15) is 34.8 Å². The fraction of sp³-hybridized carbons (Fsp3) is 0.333. The molecule has 0 bridgehead atoms. The number of carbonyl (C=O) groups excluding carboxylic acids is 1. The van der Waals surface area contributed by atoms with Gasteiger partial charge in [-0.2, -0.15) is 5.10 Å². The molecule has 24 heavy (non-hydrogen) atoms. The molecule has 3 rings (SSSR count). The largest absolute Gasteiger partial charge is 0.350 e. The van der Waals surface area contributed by atoms with Gasteiger partial charge in [0.15, 0.2) is 0 Å². The van der Waals surface area contributed by atoms with Gasteiger partial charge in [0, 0.05) is 29.4 Å². The summed E-state index contributed by atoms with van der Waals surface area (Å²) in [5, 5.41) is 9.16. The molecule has 1 amide bonds. The van der Waals surface area contributed by atoms with Gasteiger partial charge >= 0.3 is 0 Å². The molecule has 3 aromatic rings. The Morgan fingerprint density at radius 2 is 2.12 bits per heavy atom. The highest BCUT2D eigenvalue weighted by Gasteiger charge is 2.23. The lowest BCUT2D eigenvalue weighted by molar-refractivity contribution is 0.0950. The SMILES string of the molecule is Cc1nn(C)c2sc(C(=O)NCC(C)(C)c3cccc(Cl)c3)cc12. The van der Waals surface area contributed by atoms with Crippen LogP contribution in [0.3, 0.4) is 0 Å². The van der Waals surface area contributed by atoms with E-state index in [0.29, 0.717) is 16.4 Å². The first-order valence-electron chi connectivity index (χ1n) is 7.75. The number of nitrogens with one attached hydrogen (secondary N) is 1. The molecule has 126 valence electrons. The normalized spacial score (nSPS) is 11.9. The number of thiophene rings is 1. The van der Waals surface area contributed by atoms with Crippen LogP contribution in [0, 0.1) is 6.92 Å². The Balaban J connectivity index is 1.75. The van der Waals surface area contributed by atoms with Crippen molar-refractivity contribution >= 4 is 39.1 Å². The lowest BCUT2D eigenvalue weighted by Gasteiger charge is -2.25. The molecule has 0 radical (unpaired) electrons. The molecule has 0 aliphatic carbocycles. The molecule has 0 fully saturated rings. The molecule has 0 atom stereocenters. The van der Waals surface area contributed by atoms with E-state index in [2.05, 4.69) is 24.3 Å². The van der Waals surface area contributed by atoms with Crippen LogP contribution in [0.25, 0.3) is 10.2 Å². The maximum absolute atomic E-state index is 12.5. The molecular formula is C18H20ClN3OS. The lowest BCUT2D eigenvalue weighted by Crippen LogP contribution is -2.36. The Labute approximate surface area is 150 Å². The third-order valence-corrected chi connectivity index (χ3v) is 5.65. The predicted octanol–water partition coefficient (Wildman–Crippen LogP) is 4.30. The van der Waals surface area contributed by atoms with Gasteiger partial charge in [-0.25, -0.2) is 0 Å². The fourth-order valence-electron chi connectivity index (χ4n) is 2.72. The zero-order chi connectivity index (χ0) is 17.5. The molecular weight excluding hydrogens is 342 g/mol. The summed E-state index contributed by atoms with van der Waals surface area (Å²) in [6, 6.07) is 9.69. The van der Waals surface area contributed by atoms with Gasteiger partial charge in [0.25, 0.3) is 5.91 Å². The Kier molecular flexibility index (Phi) is 4.40. The highest BCUT2D eigenvalue weighted by atomic mass is 35.5. The Morgan fingerprint density at radius 3 is 2.79 bits per heavy atom. The van der Waals surface area contributed by atoms with E-state index in [1.165, 1.54) is 11.3 Å². The van der Waals surface area contributed by atoms with Crippen molar-refractivity contribution in [3.8, 4) is 0 Å². The highest BCUT2D eigenvalue weighted by molar-refractivity contribution is 7.20. The third-order valence-electron chi connectivity index (χ3n) is 4.22. The molecule has 0 saturated heterocycles. The topological polar surface area (TPSA) is 46.9 Å². The number of rotatable bonds is 4. The summed E-state index contributed by atoms with van der Waals surface area (Å²) in [4.78, 5) is 14.3. The first-order chi connectivity index (χ1) is 11.3. The van der Waals surface area contributed by atoms with Crippen LogP contribution in [0.2, 0.25) is 5.02 Å². The van der Waals surface area contributed by atoms with Gasteiger partial charge in [-0.15, -0.1) is 11.3 Å². The Hall–Kier alpha value is -1.85. The molecule has 0 saturated carbocycles. The van der Waals surface area contributed by atoms with Crippen molar-refractivity contribution in [3.05, 3.63) is 51.5 Å². The number of aryl methyl sites for hydroxylation is 2. The number of nitrogens with zero attached hydrogens (tertiary/aromatic N) is 2. The van der Waals surface area contributed by atoms with Crippen LogP contribution >= 0.6 is 22.9 Å². The molecule has 1 N–H and O–H groups in total. The van der Waals surface area contributed by atoms with E-state index in [0.717, 1.165) is 21.5 Å². The van der Waals surface area contributed by atoms with Crippen LogP contribution in [-0.4, -0.2) is 22.2 Å². The monoisotopic (exact) mass is 361 g/mol. The molecule has 0 unspecified atom stereocenters. The summed E-state index contributed by atoms with van der Waals surface area (Å²) in [5.74, 6) is -0.0503. The van der Waals surface area contributed by atoms with Gasteiger partial charge in [-0.1, -0.05) is 37.6 Å². The summed E-state index contributed by atoms with van der Waals surface area (Å²) in [7, 11) is 1.90. The number of halogens is 1. The van der Waals surface area contributed by atoms with E-state index in [1.54, 1.807) is 0 Å². The fourth-order valence-corrected chi connectivity index (χ4v) is 3.95. The van der Waals surface area contributed by atoms with E-state index >= 15 is 0 Å². The zero-order valence-electron chi connectivity index (χ0n) is 14.2. The first-order valence-corrected chi connectivity index (χ1v) is 8.95. The molecule has 0 aliphatic rings. The maximum Gasteiger partial charge on any atom is 0.261 e. The van der Waals surface area contributed by atoms with Gasteiger partial charge in [0.05, 0.1) is 10.6 Å². The van der Waals surface area contributed by atoms with Crippen LogP contribution in [0.5, 0.6) is 0 Å². The number of amides is 1. The molecule has 0 spiro atoms. The standard InChI is InChI=1S/C18H20ClN3OS/c1-11-14-9-15(24-17(14)22(4)21-11)16(23)20-10-18(2,3)12-6-5-7-13(19)8-12/h5-9H,10H2,1-4H3,(H,20,23). The minimum Gasteiger partial charge on any atom is -0.350 e. The summed E-state index contributed by atoms with van der Waals surface area (Å²) in [5.41, 5.74) is 1.85. The average molecular weight is 362 g/mol. The van der Waals surface area contributed by atoms with Crippen LogP contribution in [0.4, 0.5) is 0 Å². The summed E-state index contributed by atoms with van der Waals surface area (Å²) in [6.07, 6.45) is 0. The molecule has 2 aromatic heterocycles. The number of carbonyl (C=O) groups is 1. The number of benzene rings is 1. The maximum atomic E-state index is 12.5. The Morgan fingerprint density at radius 1 is 1.38 bits per heavy atom. The number of aromatic nitrogens is 2. The molecule has 2 heterocycles. The van der Waals surface area contributed by atoms with Gasteiger partial charge in [0.2, 0.25) is 0 Å². The quantitative estimate of drug-likeness (QED) is 0.752. The van der Waals surface area contributed by atoms with E-state index < -0.39 is 0 Å². The van der Waals surface area contributed by atoms with Gasteiger partial charge in [-0.3, -0.25) is 9.48 Å². The second-order valence-electron chi connectivity index (χ2n) is 6.62. The second kappa shape index (κ2) is 6.22. The summed E-state index contributed by atoms with van der Waals surface area (Å²) in [6.45, 7) is 6.69. The van der Waals surface area contributed by atoms with Crippen molar-refractivity contribution in [1.29, 1.82) is 0 Å². The van der Waals surface area contributed by atoms with Crippen LogP contribution < -0.4 is 5.32 Å². The predicted molar refractivity (Wildman–Crippen MR) is 100 cm³/mol. The van der Waals surface area contributed by atoms with E-state index in [-0.39, 0.29) is 11.3 Å². The third kappa shape index (κ3) is 3.19. The Bertz CT molecular complexity index is 876. The van der Waals surface area contributed by atoms with Crippen LogP contribution in [0.15, 0.2) is 30.3 Å². The molecule has 6 heteroatoms. The molecule has 0 aliphatic heterocycles. The van der Waals surface area contributed by atoms with Gasteiger partial charge in [-0.05, 0) is 30.7 Å². The number of hydrogen-bond acceptors (Lipinski definition) is 3. The average Bonchev–Trinajstić information content (AvgIpc) is 3.07. The van der Waals surface area contributed by atoms with Crippen LogP contribution in [-0.2, 0) is 12.5 Å². The minimum atomic E-state index is -0.200. The van der Waals surface area contributed by atoms with Crippen molar-refractivity contribution in [1.82, 2.24) is 15.1 Å². The lowest BCUT2D eigenvalue weighted by atomic mass is 9.84. The van der Waals surface area contributed by atoms with Gasteiger partial charge < -0.3 is 5.32 Å². The van der Waals surface area contributed by atoms with E-state index in [9.17, 15) is 4.79 Å². The van der Waals surface area contributed by atoms with Crippen molar-refractivity contribution in [2.75, 3.05) is 6.54 Å². The first kappa shape index (κ1) is 17.0. The molecule has 4 nitrogen and oxygen atoms in total. The second-order valence-corrected chi connectivity index (χ2v) is 8.08. The van der Waals surface area contributed by atoms with Crippen molar-refractivity contribution in [2.45, 2.75) is 26.2 Å². The minimum absolute atomic E-state index is 0.0503. The molecule has 1 aromatic carbocycles. The zero-order valence-corrected chi connectivity index (χ0v) is 15.8. The number of hydrogen-bond donors (Lipinski definition) is 1. The van der Waals surface area contributed by atoms with E-state index in [4.69, 9.17) is 11.6 Å². The van der Waals surface area contributed by atoms with Crippen molar-refractivity contribution < 1.29 is 4.79 Å². The van der Waals surface area contributed by atoms with Crippen molar-refractivity contribution in [3.63, 3.8) is 0 Å². The smallest absolute Gasteiger partial charge is 0.261 e. The van der Waals surface area contributed by atoms with Gasteiger partial charge in [0.1, 0.15) is 4.83 Å². The summed E-state index contributed by atoms with van der Waals surface area (Å²) >= 11 is 7.55. The van der Waals surface area contributed by atoms with Crippen molar-refractivity contribution in [2.24, 2.45) is 7.05 Å².